The van der Waals surface area contributed by atoms with Crippen LogP contribution in [-0.2, 0) is 0 Å². The predicted molar refractivity (Wildman–Crippen MR) is 175 cm³/mol. The van der Waals surface area contributed by atoms with Gasteiger partial charge in [-0.15, -0.1) is 0 Å². The van der Waals surface area contributed by atoms with E-state index < -0.39 is 45.0 Å². The minimum absolute atomic E-state index is 0.00216. The number of benzene rings is 5. The van der Waals surface area contributed by atoms with Gasteiger partial charge in [-0.1, -0.05) is 42.5 Å². The number of nitro benzene ring substituents is 2. The van der Waals surface area contributed by atoms with Crippen molar-refractivity contribution in [3.63, 3.8) is 0 Å². The van der Waals surface area contributed by atoms with Crippen molar-refractivity contribution in [2.24, 2.45) is 0 Å². The smallest absolute Gasteiger partial charge is 0.270 e. The third-order valence-electron chi connectivity index (χ3n) is 8.28. The number of nitro groups is 2. The summed E-state index contributed by atoms with van der Waals surface area (Å²) in [7, 11) is 0. The highest BCUT2D eigenvalue weighted by atomic mass is 16.6. The SMILES string of the molecule is O=C(c1cccc([N+](=O)[O-])c1)c1ccc2c(c1)C(=O)N(c1cccc(N3C(=O)c4ccc(C(=O)c5cccc([N+](=O)[O-])c5)cc4C3=O)c1)C2=O. The first-order valence-electron chi connectivity index (χ1n) is 14.7. The van der Waals surface area contributed by atoms with E-state index in [0.717, 1.165) is 21.9 Å². The number of anilines is 2. The lowest BCUT2D eigenvalue weighted by molar-refractivity contribution is -0.385. The normalized spacial score (nSPS) is 13.4. The Morgan fingerprint density at radius 2 is 0.800 bits per heavy atom. The topological polar surface area (TPSA) is 195 Å². The van der Waals surface area contributed by atoms with E-state index in [9.17, 15) is 49.0 Å². The average Bonchev–Trinajstić information content (AvgIpc) is 3.53. The molecule has 0 unspecified atom stereocenters. The molecule has 2 aliphatic rings. The summed E-state index contributed by atoms with van der Waals surface area (Å²) in [5, 5.41) is 22.3. The van der Waals surface area contributed by atoms with Crippen molar-refractivity contribution in [3.8, 4) is 0 Å². The number of carbonyl (C=O) groups excluding carboxylic acids is 6. The van der Waals surface area contributed by atoms with Gasteiger partial charge >= 0.3 is 0 Å². The van der Waals surface area contributed by atoms with Crippen LogP contribution < -0.4 is 9.80 Å². The van der Waals surface area contributed by atoms with Crippen LogP contribution in [0.15, 0.2) is 109 Å². The van der Waals surface area contributed by atoms with Crippen molar-refractivity contribution < 1.29 is 38.6 Å². The molecule has 0 spiro atoms. The minimum atomic E-state index is -0.775. The number of amides is 4. The van der Waals surface area contributed by atoms with Gasteiger partial charge in [-0.05, 0) is 42.5 Å². The van der Waals surface area contributed by atoms with Crippen LogP contribution in [0.5, 0.6) is 0 Å². The second kappa shape index (κ2) is 11.6. The summed E-state index contributed by atoms with van der Waals surface area (Å²) in [6.07, 6.45) is 0. The zero-order chi connectivity index (χ0) is 35.4. The zero-order valence-corrected chi connectivity index (χ0v) is 25.3. The molecule has 14 heteroatoms. The Morgan fingerprint density at radius 1 is 0.440 bits per heavy atom. The first kappa shape index (κ1) is 31.1. The van der Waals surface area contributed by atoms with Crippen molar-refractivity contribution >= 4 is 57.9 Å². The standard InChI is InChI=1S/C36H18N4O10/c41-31(19-4-1-8-25(14-19)39(47)48)21-10-12-27-29(16-21)35(45)37(33(27)43)23-6-3-7-24(18-23)38-34(44)28-13-11-22(17-30(28)36(38)46)32(42)20-5-2-9-26(15-20)40(49)50/h1-18H. The van der Waals surface area contributed by atoms with Crippen molar-refractivity contribution in [1.82, 2.24) is 0 Å². The van der Waals surface area contributed by atoms with Crippen molar-refractivity contribution in [2.45, 2.75) is 0 Å². The van der Waals surface area contributed by atoms with Crippen LogP contribution in [0.25, 0.3) is 0 Å². The number of hydrogen-bond donors (Lipinski definition) is 0. The zero-order valence-electron chi connectivity index (χ0n) is 25.3. The predicted octanol–water partition coefficient (Wildman–Crippen LogP) is 5.57. The third kappa shape index (κ3) is 5.00. The molecule has 50 heavy (non-hydrogen) atoms. The molecule has 0 N–H and O–H groups in total. The number of nitrogens with zero attached hydrogens (tertiary/aromatic N) is 4. The Hall–Kier alpha value is -7.48. The maximum Gasteiger partial charge on any atom is 0.270 e. The van der Waals surface area contributed by atoms with E-state index in [1.54, 1.807) is 0 Å². The quantitative estimate of drug-likeness (QED) is 0.0874. The molecule has 242 valence electrons. The fourth-order valence-corrected chi connectivity index (χ4v) is 5.86. The third-order valence-corrected chi connectivity index (χ3v) is 8.28. The molecule has 2 aliphatic heterocycles. The monoisotopic (exact) mass is 666 g/mol. The summed E-state index contributed by atoms with van der Waals surface area (Å²) < 4.78 is 0. The van der Waals surface area contributed by atoms with Gasteiger partial charge < -0.3 is 0 Å². The summed E-state index contributed by atoms with van der Waals surface area (Å²) in [6, 6.07) is 23.5. The fourth-order valence-electron chi connectivity index (χ4n) is 5.86. The molecule has 5 aromatic rings. The molecule has 2 heterocycles. The van der Waals surface area contributed by atoms with Crippen molar-refractivity contribution in [3.05, 3.63) is 174 Å². The Morgan fingerprint density at radius 3 is 1.20 bits per heavy atom. The number of rotatable bonds is 8. The van der Waals surface area contributed by atoms with Gasteiger partial charge in [0.1, 0.15) is 0 Å². The molecule has 0 fully saturated rings. The molecule has 0 atom stereocenters. The van der Waals surface area contributed by atoms with E-state index in [2.05, 4.69) is 0 Å². The summed E-state index contributed by atoms with van der Waals surface area (Å²) in [4.78, 5) is 103. The summed E-state index contributed by atoms with van der Waals surface area (Å²) >= 11 is 0. The van der Waals surface area contributed by atoms with Gasteiger partial charge in [-0.2, -0.15) is 0 Å². The van der Waals surface area contributed by atoms with E-state index in [1.807, 2.05) is 0 Å². The number of fused-ring (bicyclic) bond motifs is 2. The average molecular weight is 667 g/mol. The van der Waals surface area contributed by atoms with Crippen LogP contribution in [0.2, 0.25) is 0 Å². The first-order valence-corrected chi connectivity index (χ1v) is 14.7. The molecule has 0 aromatic heterocycles. The molecule has 0 saturated carbocycles. The second-order valence-electron chi connectivity index (χ2n) is 11.2. The molecular weight excluding hydrogens is 648 g/mol. The van der Waals surface area contributed by atoms with E-state index in [0.29, 0.717) is 0 Å². The largest absolute Gasteiger partial charge is 0.289 e. The van der Waals surface area contributed by atoms with Crippen LogP contribution in [0.1, 0.15) is 73.3 Å². The van der Waals surface area contributed by atoms with E-state index in [1.165, 1.54) is 97.1 Å². The van der Waals surface area contributed by atoms with E-state index in [4.69, 9.17) is 0 Å². The van der Waals surface area contributed by atoms with Crippen molar-refractivity contribution in [1.29, 1.82) is 0 Å². The highest BCUT2D eigenvalue weighted by Gasteiger charge is 2.40. The number of non-ortho nitro benzene ring substituents is 2. The Labute approximate surface area is 280 Å². The Kier molecular flexibility index (Phi) is 7.25. The van der Waals surface area contributed by atoms with Crippen LogP contribution in [-0.4, -0.2) is 45.0 Å². The molecule has 0 radical (unpaired) electrons. The van der Waals surface area contributed by atoms with Gasteiger partial charge in [0.2, 0.25) is 0 Å². The minimum Gasteiger partial charge on any atom is -0.289 e. The lowest BCUT2D eigenvalue weighted by atomic mass is 9.99. The van der Waals surface area contributed by atoms with Gasteiger partial charge in [0.05, 0.1) is 43.5 Å². The van der Waals surface area contributed by atoms with Gasteiger partial charge in [0, 0.05) is 46.5 Å². The van der Waals surface area contributed by atoms with Crippen LogP contribution in [0.3, 0.4) is 0 Å². The first-order chi connectivity index (χ1) is 23.9. The number of ketones is 2. The highest BCUT2D eigenvalue weighted by molar-refractivity contribution is 6.36. The number of imide groups is 2. The van der Waals surface area contributed by atoms with Crippen molar-refractivity contribution in [2.75, 3.05) is 9.80 Å². The molecule has 7 rings (SSSR count). The summed E-state index contributed by atoms with van der Waals surface area (Å²) in [5.74, 6) is -4.19. The summed E-state index contributed by atoms with van der Waals surface area (Å²) in [5.41, 5.74) is -0.623. The Balaban J connectivity index is 1.16. The fraction of sp³-hybridized carbons (Fsp3) is 0. The van der Waals surface area contributed by atoms with Gasteiger partial charge in [0.15, 0.2) is 11.6 Å². The molecular formula is C36H18N4O10. The molecule has 4 amide bonds. The summed E-state index contributed by atoms with van der Waals surface area (Å²) in [6.45, 7) is 0. The van der Waals surface area contributed by atoms with Crippen LogP contribution >= 0.6 is 0 Å². The Bertz CT molecular complexity index is 2270. The highest BCUT2D eigenvalue weighted by Crippen LogP contribution is 2.35. The lowest BCUT2D eigenvalue weighted by Gasteiger charge is -2.18. The van der Waals surface area contributed by atoms with Gasteiger partial charge in [-0.3, -0.25) is 49.0 Å². The second-order valence-corrected chi connectivity index (χ2v) is 11.2. The molecule has 5 aromatic carbocycles. The van der Waals surface area contributed by atoms with Gasteiger partial charge in [0.25, 0.3) is 35.0 Å². The number of hydrogen-bond acceptors (Lipinski definition) is 10. The maximum absolute atomic E-state index is 13.6. The molecule has 0 aliphatic carbocycles. The maximum atomic E-state index is 13.6. The van der Waals surface area contributed by atoms with Gasteiger partial charge in [-0.25, -0.2) is 9.80 Å². The molecule has 0 saturated heterocycles. The molecule has 0 bridgehead atoms. The van der Waals surface area contributed by atoms with Crippen LogP contribution in [0.4, 0.5) is 22.7 Å². The van der Waals surface area contributed by atoms with E-state index in [-0.39, 0.29) is 67.3 Å². The lowest BCUT2D eigenvalue weighted by Crippen LogP contribution is -2.31. The molecule has 14 nitrogen and oxygen atoms in total. The van der Waals surface area contributed by atoms with Crippen LogP contribution in [0, 0.1) is 20.2 Å². The number of carbonyl (C=O) groups is 6. The van der Waals surface area contributed by atoms with E-state index >= 15 is 0 Å².